The molecule has 9 heteroatoms. The molecule has 1 aliphatic rings. The molecule has 1 unspecified atom stereocenters. The highest BCUT2D eigenvalue weighted by atomic mass is 16.4. The molecule has 1 aromatic heterocycles. The number of carboxylic acid groups (broad SMARTS) is 3. The minimum atomic E-state index is -1.36. The first-order chi connectivity index (χ1) is 10.3. The lowest BCUT2D eigenvalue weighted by atomic mass is 9.82. The zero-order valence-corrected chi connectivity index (χ0v) is 11.3. The quantitative estimate of drug-likeness (QED) is 0.478. The van der Waals surface area contributed by atoms with E-state index in [0.29, 0.717) is 0 Å². The van der Waals surface area contributed by atoms with E-state index < -0.39 is 47.8 Å². The number of aliphatic carboxylic acids is 2. The summed E-state index contributed by atoms with van der Waals surface area (Å²) < 4.78 is 0. The van der Waals surface area contributed by atoms with Crippen molar-refractivity contribution in [1.29, 1.82) is 0 Å². The first-order valence-electron chi connectivity index (χ1n) is 6.45. The van der Waals surface area contributed by atoms with E-state index in [1.54, 1.807) is 0 Å². The second-order valence-electron chi connectivity index (χ2n) is 5.05. The van der Waals surface area contributed by atoms with Crippen molar-refractivity contribution in [2.45, 2.75) is 18.4 Å². The molecule has 0 radical (unpaired) electrons. The van der Waals surface area contributed by atoms with Gasteiger partial charge in [-0.3, -0.25) is 14.4 Å². The summed E-state index contributed by atoms with van der Waals surface area (Å²) in [5.41, 5.74) is -0.730. The largest absolute Gasteiger partial charge is 0.481 e. The van der Waals surface area contributed by atoms with Crippen molar-refractivity contribution < 1.29 is 29.7 Å². The van der Waals surface area contributed by atoms with Crippen molar-refractivity contribution in [2.24, 2.45) is 5.92 Å². The van der Waals surface area contributed by atoms with Gasteiger partial charge in [-0.1, -0.05) is 6.07 Å². The number of pyridine rings is 1. The second kappa shape index (κ2) is 5.98. The third-order valence-corrected chi connectivity index (χ3v) is 3.74. The van der Waals surface area contributed by atoms with E-state index in [4.69, 9.17) is 10.2 Å². The molecule has 0 spiro atoms. The molecule has 0 aromatic carbocycles. The highest BCUT2D eigenvalue weighted by molar-refractivity contribution is 5.87. The second-order valence-corrected chi connectivity index (χ2v) is 5.05. The number of aromatic amines is 1. The van der Waals surface area contributed by atoms with Gasteiger partial charge < -0.3 is 25.6 Å². The van der Waals surface area contributed by atoms with Crippen LogP contribution in [0.4, 0.5) is 0 Å². The number of H-pyrrole nitrogens is 1. The number of hydrogen-bond donors (Lipinski definition) is 5. The Morgan fingerprint density at radius 3 is 2.41 bits per heavy atom. The summed E-state index contributed by atoms with van der Waals surface area (Å²) in [6.45, 7) is 0.112. The van der Waals surface area contributed by atoms with Crippen LogP contribution >= 0.6 is 0 Å². The van der Waals surface area contributed by atoms with Crippen LogP contribution in [-0.4, -0.2) is 50.8 Å². The van der Waals surface area contributed by atoms with Gasteiger partial charge in [-0.15, -0.1) is 0 Å². The minimum Gasteiger partial charge on any atom is -0.481 e. The maximum Gasteiger partial charge on any atom is 0.352 e. The molecule has 2 rings (SSSR count). The Labute approximate surface area is 123 Å². The van der Waals surface area contributed by atoms with Gasteiger partial charge in [0.05, 0.1) is 6.42 Å². The normalized spacial score (nSPS) is 24.1. The number of aromatic nitrogens is 1. The molecule has 1 aliphatic heterocycles. The SMILES string of the molecule is O=C(O)C[C@@H]1C(C(=O)O)NC[C@@H]1c1ccc(=O)[nH]c1C(=O)O. The number of aromatic carboxylic acids is 1. The lowest BCUT2D eigenvalue weighted by molar-refractivity contribution is -0.142. The van der Waals surface area contributed by atoms with E-state index >= 15 is 0 Å². The van der Waals surface area contributed by atoms with E-state index in [1.807, 2.05) is 0 Å². The summed E-state index contributed by atoms with van der Waals surface area (Å²) in [4.78, 5) is 46.9. The van der Waals surface area contributed by atoms with Crippen LogP contribution in [0.1, 0.15) is 28.4 Å². The zero-order valence-electron chi connectivity index (χ0n) is 11.3. The molecule has 0 bridgehead atoms. The standard InChI is InChI=1S/C13H14N2O7/c16-8-2-1-5(11(15-8)13(21)22)7-4-14-10(12(19)20)6(7)3-9(17)18/h1-2,6-7,10,14H,3-4H2,(H,15,16)(H,17,18)(H,19,20)(H,21,22)/t6-,7+,10?/m0/s1. The van der Waals surface area contributed by atoms with Gasteiger partial charge in [0, 0.05) is 24.4 Å². The first kappa shape index (κ1) is 15.7. The Kier molecular flexibility index (Phi) is 4.27. The number of carboxylic acids is 3. The average molecular weight is 310 g/mol. The fourth-order valence-electron chi connectivity index (χ4n) is 2.83. The van der Waals surface area contributed by atoms with Crippen molar-refractivity contribution in [3.05, 3.63) is 33.7 Å². The van der Waals surface area contributed by atoms with Crippen LogP contribution < -0.4 is 10.9 Å². The smallest absolute Gasteiger partial charge is 0.352 e. The van der Waals surface area contributed by atoms with Gasteiger partial charge in [0.25, 0.3) is 0 Å². The predicted octanol–water partition coefficient (Wildman–Crippen LogP) is -0.696. The van der Waals surface area contributed by atoms with Crippen LogP contribution in [0, 0.1) is 5.92 Å². The lowest BCUT2D eigenvalue weighted by Gasteiger charge is -2.21. The molecule has 0 aliphatic carbocycles. The van der Waals surface area contributed by atoms with Crippen molar-refractivity contribution in [1.82, 2.24) is 10.3 Å². The van der Waals surface area contributed by atoms with Gasteiger partial charge in [-0.25, -0.2) is 4.79 Å². The Morgan fingerprint density at radius 1 is 1.18 bits per heavy atom. The van der Waals surface area contributed by atoms with Gasteiger partial charge >= 0.3 is 17.9 Å². The molecule has 5 N–H and O–H groups in total. The molecule has 1 fully saturated rings. The zero-order chi connectivity index (χ0) is 16.4. The highest BCUT2D eigenvalue weighted by Crippen LogP contribution is 2.35. The molecular weight excluding hydrogens is 296 g/mol. The van der Waals surface area contributed by atoms with Crippen LogP contribution in [0.25, 0.3) is 0 Å². The number of hydrogen-bond acceptors (Lipinski definition) is 5. The van der Waals surface area contributed by atoms with Crippen LogP contribution in [-0.2, 0) is 9.59 Å². The summed E-state index contributed by atoms with van der Waals surface area (Å²) in [5.74, 6) is -5.19. The maximum atomic E-state index is 11.3. The molecule has 9 nitrogen and oxygen atoms in total. The van der Waals surface area contributed by atoms with Crippen molar-refractivity contribution in [3.8, 4) is 0 Å². The lowest BCUT2D eigenvalue weighted by Crippen LogP contribution is -2.36. The van der Waals surface area contributed by atoms with E-state index in [9.17, 15) is 24.3 Å². The Bertz CT molecular complexity index is 681. The van der Waals surface area contributed by atoms with Crippen LogP contribution in [0.3, 0.4) is 0 Å². The monoisotopic (exact) mass is 310 g/mol. The molecule has 22 heavy (non-hydrogen) atoms. The Morgan fingerprint density at radius 2 is 1.86 bits per heavy atom. The van der Waals surface area contributed by atoms with Gasteiger partial charge in [0.2, 0.25) is 5.56 Å². The average Bonchev–Trinajstić information content (AvgIpc) is 2.81. The van der Waals surface area contributed by atoms with Crippen LogP contribution in [0.2, 0.25) is 0 Å². The highest BCUT2D eigenvalue weighted by Gasteiger charge is 2.43. The van der Waals surface area contributed by atoms with E-state index in [0.717, 1.165) is 6.07 Å². The molecule has 3 atom stereocenters. The molecule has 2 heterocycles. The van der Waals surface area contributed by atoms with E-state index in [2.05, 4.69) is 10.3 Å². The van der Waals surface area contributed by atoms with Crippen molar-refractivity contribution in [3.63, 3.8) is 0 Å². The van der Waals surface area contributed by atoms with E-state index in [1.165, 1.54) is 6.07 Å². The Hall–Kier alpha value is -2.68. The topological polar surface area (TPSA) is 157 Å². The number of rotatable bonds is 5. The van der Waals surface area contributed by atoms with Gasteiger partial charge in [0.1, 0.15) is 11.7 Å². The van der Waals surface area contributed by atoms with Crippen LogP contribution in [0.5, 0.6) is 0 Å². The van der Waals surface area contributed by atoms with Crippen LogP contribution in [0.15, 0.2) is 16.9 Å². The first-order valence-corrected chi connectivity index (χ1v) is 6.45. The number of nitrogens with one attached hydrogen (secondary N) is 2. The summed E-state index contributed by atoms with van der Waals surface area (Å²) in [7, 11) is 0. The van der Waals surface area contributed by atoms with Crippen molar-refractivity contribution >= 4 is 17.9 Å². The third-order valence-electron chi connectivity index (χ3n) is 3.74. The molecule has 1 aromatic rings. The third kappa shape index (κ3) is 2.98. The molecule has 0 saturated carbocycles. The maximum absolute atomic E-state index is 11.3. The molecule has 1 saturated heterocycles. The molecular formula is C13H14N2O7. The summed E-state index contributed by atoms with van der Waals surface area (Å²) in [6.07, 6.45) is -0.424. The fraction of sp³-hybridized carbons (Fsp3) is 0.385. The van der Waals surface area contributed by atoms with E-state index in [-0.39, 0.29) is 17.8 Å². The molecule has 0 amide bonds. The van der Waals surface area contributed by atoms with Gasteiger partial charge in [0.15, 0.2) is 0 Å². The van der Waals surface area contributed by atoms with Crippen molar-refractivity contribution in [2.75, 3.05) is 6.54 Å². The minimum absolute atomic E-state index is 0.112. The Balaban J connectivity index is 2.46. The predicted molar refractivity (Wildman–Crippen MR) is 71.9 cm³/mol. The van der Waals surface area contributed by atoms with Gasteiger partial charge in [-0.05, 0) is 5.56 Å². The summed E-state index contributed by atoms with van der Waals surface area (Å²) in [6, 6.07) is 1.34. The number of carbonyl (C=O) groups is 3. The summed E-state index contributed by atoms with van der Waals surface area (Å²) in [5, 5.41) is 30.0. The van der Waals surface area contributed by atoms with Gasteiger partial charge in [-0.2, -0.15) is 0 Å². The fourth-order valence-corrected chi connectivity index (χ4v) is 2.83. The summed E-state index contributed by atoms with van der Waals surface area (Å²) >= 11 is 0. The molecule has 118 valence electrons.